The van der Waals surface area contributed by atoms with Gasteiger partial charge in [-0.1, -0.05) is 18.2 Å². The molecule has 0 unspecified atom stereocenters. The molecule has 0 aliphatic carbocycles. The molecule has 0 saturated carbocycles. The van der Waals surface area contributed by atoms with Gasteiger partial charge < -0.3 is 10.1 Å². The van der Waals surface area contributed by atoms with E-state index in [9.17, 15) is 14.9 Å². The van der Waals surface area contributed by atoms with Crippen molar-refractivity contribution in [2.24, 2.45) is 0 Å². The van der Waals surface area contributed by atoms with Crippen LogP contribution in [-0.4, -0.2) is 24.5 Å². The highest BCUT2D eigenvalue weighted by Crippen LogP contribution is 2.16. The van der Waals surface area contributed by atoms with E-state index in [4.69, 9.17) is 0 Å². The van der Waals surface area contributed by atoms with E-state index >= 15 is 0 Å². The summed E-state index contributed by atoms with van der Waals surface area (Å²) in [5, 5.41) is 13.2. The lowest BCUT2D eigenvalue weighted by molar-refractivity contribution is -0.385. The van der Waals surface area contributed by atoms with Crippen molar-refractivity contribution in [1.29, 1.82) is 0 Å². The summed E-state index contributed by atoms with van der Waals surface area (Å²) in [7, 11) is 1.41. The van der Waals surface area contributed by atoms with Crippen LogP contribution < -0.4 is 5.32 Å². The van der Waals surface area contributed by atoms with Crippen LogP contribution in [0.2, 0.25) is 0 Å². The molecule has 1 amide bonds. The van der Waals surface area contributed by atoms with Gasteiger partial charge in [0, 0.05) is 25.3 Å². The van der Waals surface area contributed by atoms with Crippen LogP contribution in [0.4, 0.5) is 5.69 Å². The summed E-state index contributed by atoms with van der Waals surface area (Å²) in [6, 6.07) is 6.27. The maximum absolute atomic E-state index is 11.1. The van der Waals surface area contributed by atoms with Gasteiger partial charge in [-0.25, -0.2) is 0 Å². The summed E-state index contributed by atoms with van der Waals surface area (Å²) in [6.07, 6.45) is 0. The molecular weight excluding hydrogens is 212 g/mol. The first-order valence-corrected chi connectivity index (χ1v) is 4.63. The molecule has 0 aliphatic heterocycles. The Kier molecular flexibility index (Phi) is 4.41. The van der Waals surface area contributed by atoms with Crippen LogP contribution in [0, 0.1) is 10.1 Å². The fourth-order valence-corrected chi connectivity index (χ4v) is 1.21. The SMILES string of the molecule is COCC(=O)NCc1ccccc1[N+](=O)[O-]. The third kappa shape index (κ3) is 3.32. The molecule has 0 fully saturated rings. The van der Waals surface area contributed by atoms with Crippen LogP contribution >= 0.6 is 0 Å². The zero-order chi connectivity index (χ0) is 12.0. The second-order valence-electron chi connectivity index (χ2n) is 3.10. The van der Waals surface area contributed by atoms with Crippen LogP contribution in [0.15, 0.2) is 24.3 Å². The number of amides is 1. The smallest absolute Gasteiger partial charge is 0.274 e. The minimum atomic E-state index is -0.474. The molecule has 1 aromatic rings. The monoisotopic (exact) mass is 224 g/mol. The molecule has 1 rings (SSSR count). The number of nitrogens with zero attached hydrogens (tertiary/aromatic N) is 1. The largest absolute Gasteiger partial charge is 0.375 e. The summed E-state index contributed by atoms with van der Waals surface area (Å²) in [5.74, 6) is -0.305. The molecule has 86 valence electrons. The molecule has 0 atom stereocenters. The summed E-state index contributed by atoms with van der Waals surface area (Å²) < 4.78 is 4.62. The second-order valence-corrected chi connectivity index (χ2v) is 3.10. The van der Waals surface area contributed by atoms with Gasteiger partial charge in [-0.3, -0.25) is 14.9 Å². The molecule has 1 N–H and O–H groups in total. The Labute approximate surface area is 92.4 Å². The Hall–Kier alpha value is -1.95. The van der Waals surface area contributed by atoms with Crippen molar-refractivity contribution in [3.63, 3.8) is 0 Å². The van der Waals surface area contributed by atoms with Crippen molar-refractivity contribution < 1.29 is 14.5 Å². The standard InChI is InChI=1S/C10H12N2O4/c1-16-7-10(13)11-6-8-4-2-3-5-9(8)12(14)15/h2-5H,6-7H2,1H3,(H,11,13). The van der Waals surface area contributed by atoms with E-state index in [2.05, 4.69) is 10.1 Å². The molecule has 0 heterocycles. The van der Waals surface area contributed by atoms with Crippen molar-refractivity contribution in [1.82, 2.24) is 5.32 Å². The molecule has 0 radical (unpaired) electrons. The first-order chi connectivity index (χ1) is 7.65. The second kappa shape index (κ2) is 5.82. The third-order valence-electron chi connectivity index (χ3n) is 1.94. The number of hydrogen-bond acceptors (Lipinski definition) is 4. The highest BCUT2D eigenvalue weighted by atomic mass is 16.6. The minimum absolute atomic E-state index is 0.000201. The van der Waals surface area contributed by atoms with Crippen LogP contribution in [0.1, 0.15) is 5.56 Å². The van der Waals surface area contributed by atoms with E-state index in [0.29, 0.717) is 5.56 Å². The quantitative estimate of drug-likeness (QED) is 0.594. The lowest BCUT2D eigenvalue weighted by atomic mass is 10.2. The van der Waals surface area contributed by atoms with Gasteiger partial charge in [-0.2, -0.15) is 0 Å². The van der Waals surface area contributed by atoms with Gasteiger partial charge in [0.05, 0.1) is 4.92 Å². The molecule has 0 saturated heterocycles. The average Bonchev–Trinajstić information content (AvgIpc) is 2.27. The Morgan fingerprint density at radius 1 is 1.50 bits per heavy atom. The highest BCUT2D eigenvalue weighted by Gasteiger charge is 2.12. The Balaban J connectivity index is 2.66. The Bertz CT molecular complexity index is 392. The Morgan fingerprint density at radius 2 is 2.19 bits per heavy atom. The summed E-state index contributed by atoms with van der Waals surface area (Å²) in [5.41, 5.74) is 0.470. The molecule has 0 aliphatic rings. The number of benzene rings is 1. The van der Waals surface area contributed by atoms with Crippen molar-refractivity contribution in [2.75, 3.05) is 13.7 Å². The summed E-state index contributed by atoms with van der Waals surface area (Å²) >= 11 is 0. The summed E-state index contributed by atoms with van der Waals surface area (Å²) in [4.78, 5) is 21.3. The van der Waals surface area contributed by atoms with Gasteiger partial charge in [0.2, 0.25) is 5.91 Å². The highest BCUT2D eigenvalue weighted by molar-refractivity contribution is 5.77. The molecule has 6 heteroatoms. The van der Waals surface area contributed by atoms with Gasteiger partial charge in [0.1, 0.15) is 6.61 Å². The predicted octanol–water partition coefficient (Wildman–Crippen LogP) is 0.857. The normalized spacial score (nSPS) is 9.81. The van der Waals surface area contributed by atoms with E-state index in [1.807, 2.05) is 0 Å². The number of para-hydroxylation sites is 1. The molecular formula is C10H12N2O4. The van der Waals surface area contributed by atoms with E-state index in [0.717, 1.165) is 0 Å². The molecule has 6 nitrogen and oxygen atoms in total. The lowest BCUT2D eigenvalue weighted by Gasteiger charge is -2.04. The predicted molar refractivity (Wildman–Crippen MR) is 56.8 cm³/mol. The van der Waals surface area contributed by atoms with Gasteiger partial charge in [-0.05, 0) is 0 Å². The van der Waals surface area contributed by atoms with E-state index < -0.39 is 4.92 Å². The number of ether oxygens (including phenoxy) is 1. The molecule has 0 bridgehead atoms. The number of methoxy groups -OCH3 is 1. The lowest BCUT2D eigenvalue weighted by Crippen LogP contribution is -2.26. The van der Waals surface area contributed by atoms with Gasteiger partial charge in [0.15, 0.2) is 0 Å². The number of rotatable bonds is 5. The van der Waals surface area contributed by atoms with E-state index in [-0.39, 0.29) is 24.7 Å². The number of nitro benzene ring substituents is 1. The van der Waals surface area contributed by atoms with Crippen LogP contribution in [0.25, 0.3) is 0 Å². The Morgan fingerprint density at radius 3 is 2.81 bits per heavy atom. The van der Waals surface area contributed by atoms with Gasteiger partial charge in [-0.15, -0.1) is 0 Å². The minimum Gasteiger partial charge on any atom is -0.375 e. The average molecular weight is 224 g/mol. The maximum atomic E-state index is 11.1. The first-order valence-electron chi connectivity index (χ1n) is 4.63. The maximum Gasteiger partial charge on any atom is 0.274 e. The van der Waals surface area contributed by atoms with Crippen LogP contribution in [-0.2, 0) is 16.1 Å². The fraction of sp³-hybridized carbons (Fsp3) is 0.300. The van der Waals surface area contributed by atoms with Crippen molar-refractivity contribution in [3.8, 4) is 0 Å². The van der Waals surface area contributed by atoms with Crippen molar-refractivity contribution in [2.45, 2.75) is 6.54 Å². The van der Waals surface area contributed by atoms with E-state index in [1.165, 1.54) is 13.2 Å². The van der Waals surface area contributed by atoms with Crippen molar-refractivity contribution >= 4 is 11.6 Å². The van der Waals surface area contributed by atoms with Crippen molar-refractivity contribution in [3.05, 3.63) is 39.9 Å². The van der Waals surface area contributed by atoms with Crippen LogP contribution in [0.5, 0.6) is 0 Å². The zero-order valence-corrected chi connectivity index (χ0v) is 8.80. The zero-order valence-electron chi connectivity index (χ0n) is 8.80. The topological polar surface area (TPSA) is 81.5 Å². The van der Waals surface area contributed by atoms with Gasteiger partial charge >= 0.3 is 0 Å². The number of nitro groups is 1. The number of carbonyl (C=O) groups excluding carboxylic acids is 1. The molecule has 0 spiro atoms. The van der Waals surface area contributed by atoms with Gasteiger partial charge in [0.25, 0.3) is 5.69 Å². The molecule has 1 aromatic carbocycles. The van der Waals surface area contributed by atoms with E-state index in [1.54, 1.807) is 18.2 Å². The fourth-order valence-electron chi connectivity index (χ4n) is 1.21. The summed E-state index contributed by atoms with van der Waals surface area (Å²) in [6.45, 7) is 0.0694. The third-order valence-corrected chi connectivity index (χ3v) is 1.94. The molecule has 16 heavy (non-hydrogen) atoms. The number of hydrogen-bond donors (Lipinski definition) is 1. The first kappa shape index (κ1) is 12.1. The number of nitrogens with one attached hydrogen (secondary N) is 1. The van der Waals surface area contributed by atoms with Crippen LogP contribution in [0.3, 0.4) is 0 Å². The number of carbonyl (C=O) groups is 1. The molecule has 0 aromatic heterocycles.